The SMILES string of the molecule is COc1cc2c(cc1OC(C)C)[C@H](c1ccc(Cl)cc1)N(c1ccc([C@](C)(O)C3CCN(C4COC4)CC3)cc1)C(=O)C2. The van der Waals surface area contributed by atoms with Gasteiger partial charge in [0.15, 0.2) is 11.5 Å². The topological polar surface area (TPSA) is 71.5 Å². The standard InChI is InChI=1S/C35H41ClN2O5/c1-22(2)43-32-19-30-24(17-31(32)41-4)18-33(39)38(34(30)23-5-9-27(36)10-6-23)28-11-7-25(8-12-28)35(3,40)26-13-15-37(16-14-26)29-20-42-21-29/h5-12,17,19,22,26,29,34,40H,13-16,18,20-21H2,1-4H3/t34-,35-/m0/s1. The van der Waals surface area contributed by atoms with Crippen LogP contribution in [0.5, 0.6) is 11.5 Å². The fourth-order valence-corrected chi connectivity index (χ4v) is 6.91. The third kappa shape index (κ3) is 5.88. The molecule has 7 nitrogen and oxygen atoms in total. The van der Waals surface area contributed by atoms with Crippen LogP contribution in [0.3, 0.4) is 0 Å². The lowest BCUT2D eigenvalue weighted by Gasteiger charge is -2.44. The first kappa shape index (κ1) is 29.9. The molecule has 3 aromatic carbocycles. The van der Waals surface area contributed by atoms with Crippen LogP contribution in [0.25, 0.3) is 0 Å². The maximum absolute atomic E-state index is 13.9. The molecule has 0 radical (unpaired) electrons. The Kier molecular flexibility index (Phi) is 8.44. The van der Waals surface area contributed by atoms with Gasteiger partial charge in [-0.2, -0.15) is 0 Å². The number of amides is 1. The molecule has 3 aliphatic rings. The zero-order valence-electron chi connectivity index (χ0n) is 25.4. The van der Waals surface area contributed by atoms with Crippen LogP contribution in [0.15, 0.2) is 60.7 Å². The van der Waals surface area contributed by atoms with Crippen LogP contribution >= 0.6 is 11.6 Å². The van der Waals surface area contributed by atoms with Crippen LogP contribution in [0.4, 0.5) is 5.69 Å². The summed E-state index contributed by atoms with van der Waals surface area (Å²) in [6, 6.07) is 19.6. The third-order valence-electron chi connectivity index (χ3n) is 9.33. The molecule has 3 aromatic rings. The number of carbonyl (C=O) groups is 1. The largest absolute Gasteiger partial charge is 0.493 e. The quantitative estimate of drug-likeness (QED) is 0.333. The molecule has 8 heteroatoms. The molecule has 0 aromatic heterocycles. The predicted molar refractivity (Wildman–Crippen MR) is 168 cm³/mol. The molecule has 1 amide bonds. The van der Waals surface area contributed by atoms with Gasteiger partial charge in [0.05, 0.1) is 50.5 Å². The minimum absolute atomic E-state index is 0.0149. The van der Waals surface area contributed by atoms with Gasteiger partial charge in [0, 0.05) is 10.7 Å². The van der Waals surface area contributed by atoms with Crippen molar-refractivity contribution in [3.63, 3.8) is 0 Å². The molecule has 0 saturated carbocycles. The summed E-state index contributed by atoms with van der Waals surface area (Å²) < 4.78 is 17.1. The molecule has 2 atom stereocenters. The number of anilines is 1. The Labute approximate surface area is 259 Å². The number of rotatable bonds is 8. The summed E-state index contributed by atoms with van der Waals surface area (Å²) in [4.78, 5) is 18.2. The number of ether oxygens (including phenoxy) is 3. The zero-order valence-corrected chi connectivity index (χ0v) is 26.1. The number of carbonyl (C=O) groups excluding carboxylic acids is 1. The van der Waals surface area contributed by atoms with Crippen molar-refractivity contribution >= 4 is 23.2 Å². The van der Waals surface area contributed by atoms with Crippen LogP contribution in [0, 0.1) is 5.92 Å². The van der Waals surface area contributed by atoms with Crippen LogP contribution in [-0.4, -0.2) is 61.5 Å². The molecule has 3 heterocycles. The van der Waals surface area contributed by atoms with Crippen molar-refractivity contribution in [1.29, 1.82) is 0 Å². The molecule has 1 N–H and O–H groups in total. The summed E-state index contributed by atoms with van der Waals surface area (Å²) in [6.45, 7) is 9.48. The van der Waals surface area contributed by atoms with Crippen LogP contribution in [-0.2, 0) is 21.6 Å². The summed E-state index contributed by atoms with van der Waals surface area (Å²) in [6.07, 6.45) is 2.08. The Morgan fingerprint density at radius 3 is 2.26 bits per heavy atom. The molecule has 43 heavy (non-hydrogen) atoms. The highest BCUT2D eigenvalue weighted by Gasteiger charge is 2.40. The first-order chi connectivity index (χ1) is 20.7. The van der Waals surface area contributed by atoms with E-state index in [2.05, 4.69) is 4.90 Å². The Hall–Kier alpha value is -3.10. The molecular weight excluding hydrogens is 564 g/mol. The number of piperidine rings is 1. The number of hydrogen-bond donors (Lipinski definition) is 1. The summed E-state index contributed by atoms with van der Waals surface area (Å²) >= 11 is 6.26. The lowest BCUT2D eigenvalue weighted by molar-refractivity contribution is -0.118. The van der Waals surface area contributed by atoms with Crippen molar-refractivity contribution in [2.75, 3.05) is 38.3 Å². The summed E-state index contributed by atoms with van der Waals surface area (Å²) in [7, 11) is 1.62. The highest BCUT2D eigenvalue weighted by molar-refractivity contribution is 6.30. The summed E-state index contributed by atoms with van der Waals surface area (Å²) in [5.74, 6) is 1.41. The normalized spacial score (nSPS) is 21.3. The number of likely N-dealkylation sites (tertiary alicyclic amines) is 1. The minimum Gasteiger partial charge on any atom is -0.493 e. The Morgan fingerprint density at radius 1 is 1.00 bits per heavy atom. The van der Waals surface area contributed by atoms with Gasteiger partial charge in [-0.15, -0.1) is 0 Å². The Balaban J connectivity index is 1.32. The lowest BCUT2D eigenvalue weighted by atomic mass is 9.77. The van der Waals surface area contributed by atoms with Gasteiger partial charge in [-0.1, -0.05) is 35.9 Å². The van der Waals surface area contributed by atoms with E-state index >= 15 is 0 Å². The predicted octanol–water partition coefficient (Wildman–Crippen LogP) is 6.13. The van der Waals surface area contributed by atoms with Crippen LogP contribution < -0.4 is 14.4 Å². The van der Waals surface area contributed by atoms with Crippen molar-refractivity contribution in [2.24, 2.45) is 5.92 Å². The zero-order chi connectivity index (χ0) is 30.3. The molecule has 0 aliphatic carbocycles. The van der Waals surface area contributed by atoms with E-state index in [1.54, 1.807) is 7.11 Å². The van der Waals surface area contributed by atoms with Crippen LogP contribution in [0.1, 0.15) is 61.9 Å². The number of nitrogens with zero attached hydrogens (tertiary/aromatic N) is 2. The molecule has 0 unspecified atom stereocenters. The van der Waals surface area contributed by atoms with E-state index in [0.29, 0.717) is 22.6 Å². The third-order valence-corrected chi connectivity index (χ3v) is 9.58. The van der Waals surface area contributed by atoms with Crippen molar-refractivity contribution < 1.29 is 24.1 Å². The number of benzene rings is 3. The van der Waals surface area contributed by atoms with E-state index in [1.165, 1.54) is 0 Å². The Morgan fingerprint density at radius 2 is 1.67 bits per heavy atom. The maximum Gasteiger partial charge on any atom is 0.232 e. The van der Waals surface area contributed by atoms with Gasteiger partial charge in [-0.05, 0) is 111 Å². The van der Waals surface area contributed by atoms with Gasteiger partial charge in [-0.3, -0.25) is 9.69 Å². The second-order valence-electron chi connectivity index (χ2n) is 12.5. The van der Waals surface area contributed by atoms with E-state index in [0.717, 1.165) is 67.1 Å². The van der Waals surface area contributed by atoms with Crippen molar-refractivity contribution in [3.8, 4) is 11.5 Å². The number of methoxy groups -OCH3 is 1. The van der Waals surface area contributed by atoms with Crippen molar-refractivity contribution in [1.82, 2.24) is 4.90 Å². The van der Waals surface area contributed by atoms with Gasteiger partial charge in [0.25, 0.3) is 0 Å². The van der Waals surface area contributed by atoms with Gasteiger partial charge < -0.3 is 24.2 Å². The van der Waals surface area contributed by atoms with Gasteiger partial charge in [0.1, 0.15) is 0 Å². The molecule has 3 aliphatic heterocycles. The lowest BCUT2D eigenvalue weighted by Crippen LogP contribution is -2.53. The molecule has 228 valence electrons. The van der Waals surface area contributed by atoms with Crippen LogP contribution in [0.2, 0.25) is 5.02 Å². The summed E-state index contributed by atoms with van der Waals surface area (Å²) in [5, 5.41) is 12.4. The molecular formula is C35H41ClN2O5. The fourth-order valence-electron chi connectivity index (χ4n) is 6.78. The van der Waals surface area contributed by atoms with E-state index in [1.807, 2.05) is 86.3 Å². The second kappa shape index (κ2) is 12.1. The average Bonchev–Trinajstić information content (AvgIpc) is 2.96. The highest BCUT2D eigenvalue weighted by Crippen LogP contribution is 2.44. The maximum atomic E-state index is 13.9. The minimum atomic E-state index is -0.964. The monoisotopic (exact) mass is 604 g/mol. The smallest absolute Gasteiger partial charge is 0.232 e. The first-order valence-corrected chi connectivity index (χ1v) is 15.6. The molecule has 0 bridgehead atoms. The van der Waals surface area contributed by atoms with Crippen molar-refractivity contribution in [2.45, 2.75) is 63.8 Å². The van der Waals surface area contributed by atoms with Crippen molar-refractivity contribution in [3.05, 3.63) is 87.9 Å². The fraction of sp³-hybridized carbons (Fsp3) is 0.457. The van der Waals surface area contributed by atoms with Gasteiger partial charge in [-0.25, -0.2) is 0 Å². The van der Waals surface area contributed by atoms with Gasteiger partial charge in [0.2, 0.25) is 5.91 Å². The second-order valence-corrected chi connectivity index (χ2v) is 12.9. The Bertz CT molecular complexity index is 1440. The summed E-state index contributed by atoms with van der Waals surface area (Å²) in [5.41, 5.74) is 3.52. The van der Waals surface area contributed by atoms with E-state index in [4.69, 9.17) is 25.8 Å². The number of fused-ring (bicyclic) bond motifs is 1. The van der Waals surface area contributed by atoms with E-state index in [-0.39, 0.29) is 30.4 Å². The van der Waals surface area contributed by atoms with E-state index < -0.39 is 5.60 Å². The number of hydrogen-bond acceptors (Lipinski definition) is 6. The first-order valence-electron chi connectivity index (χ1n) is 15.3. The molecule has 0 spiro atoms. The number of aliphatic hydroxyl groups is 1. The molecule has 2 saturated heterocycles. The average molecular weight is 605 g/mol. The van der Waals surface area contributed by atoms with Gasteiger partial charge >= 0.3 is 0 Å². The molecule has 2 fully saturated rings. The highest BCUT2D eigenvalue weighted by atomic mass is 35.5. The molecule has 6 rings (SSSR count). The van der Waals surface area contributed by atoms with E-state index in [9.17, 15) is 9.90 Å². The number of halogens is 1.